The van der Waals surface area contributed by atoms with E-state index in [1.807, 2.05) is 6.26 Å². The topological polar surface area (TPSA) is 53.1 Å². The molecule has 0 saturated carbocycles. The molecule has 0 atom stereocenters. The second kappa shape index (κ2) is 3.38. The molecule has 0 aliphatic heterocycles. The summed E-state index contributed by atoms with van der Waals surface area (Å²) in [5.41, 5.74) is 1.48. The molecule has 2 rings (SSSR count). The second-order valence-electron chi connectivity index (χ2n) is 2.92. The Morgan fingerprint density at radius 3 is 2.93 bits per heavy atom. The monoisotopic (exact) mass is 207 g/mol. The Morgan fingerprint density at radius 1 is 1.50 bits per heavy atom. The van der Waals surface area contributed by atoms with E-state index in [0.29, 0.717) is 5.56 Å². The van der Waals surface area contributed by atoms with E-state index < -0.39 is 0 Å². The predicted octanol–water partition coefficient (Wildman–Crippen LogP) is 2.41. The van der Waals surface area contributed by atoms with Crippen LogP contribution in [0.2, 0.25) is 0 Å². The molecule has 0 unspecified atom stereocenters. The molecule has 3 nitrogen and oxygen atoms in total. The van der Waals surface area contributed by atoms with Crippen LogP contribution in [-0.2, 0) is 0 Å². The van der Waals surface area contributed by atoms with Crippen molar-refractivity contribution in [3.8, 4) is 5.75 Å². The Morgan fingerprint density at radius 2 is 2.29 bits per heavy atom. The van der Waals surface area contributed by atoms with E-state index in [9.17, 15) is 9.90 Å². The molecule has 72 valence electrons. The number of carbonyl (C=O) groups excluding carboxylic acids is 1. The van der Waals surface area contributed by atoms with Crippen LogP contribution >= 0.6 is 11.8 Å². The van der Waals surface area contributed by atoms with Gasteiger partial charge in [0, 0.05) is 10.9 Å². The second-order valence-corrected chi connectivity index (χ2v) is 3.74. The summed E-state index contributed by atoms with van der Waals surface area (Å²) >= 11 is 1.48. The maximum absolute atomic E-state index is 10.9. The first kappa shape index (κ1) is 9.15. The predicted molar refractivity (Wildman–Crippen MR) is 57.1 cm³/mol. The van der Waals surface area contributed by atoms with Crippen molar-refractivity contribution in [1.82, 2.24) is 4.98 Å². The van der Waals surface area contributed by atoms with Crippen molar-refractivity contribution in [2.75, 3.05) is 6.26 Å². The number of hydrogen-bond acceptors (Lipinski definition) is 3. The van der Waals surface area contributed by atoms with Crippen molar-refractivity contribution in [3.63, 3.8) is 0 Å². The lowest BCUT2D eigenvalue weighted by molar-refractivity contribution is 0.112. The first-order chi connectivity index (χ1) is 6.76. The number of phenolic OH excluding ortho intramolecular Hbond substituents is 1. The largest absolute Gasteiger partial charge is 0.508 e. The smallest absolute Gasteiger partial charge is 0.153 e. The summed E-state index contributed by atoms with van der Waals surface area (Å²) in [7, 11) is 0. The van der Waals surface area contributed by atoms with Crippen molar-refractivity contribution < 1.29 is 9.90 Å². The van der Waals surface area contributed by atoms with Gasteiger partial charge >= 0.3 is 0 Å². The summed E-state index contributed by atoms with van der Waals surface area (Å²) in [5.74, 6) is 0.173. The van der Waals surface area contributed by atoms with Gasteiger partial charge in [-0.2, -0.15) is 0 Å². The van der Waals surface area contributed by atoms with Crippen molar-refractivity contribution in [2.45, 2.75) is 5.03 Å². The van der Waals surface area contributed by atoms with Crippen molar-refractivity contribution in [3.05, 3.63) is 23.8 Å². The fraction of sp³-hybridized carbons (Fsp3) is 0.100. The van der Waals surface area contributed by atoms with Gasteiger partial charge < -0.3 is 10.1 Å². The van der Waals surface area contributed by atoms with Crippen molar-refractivity contribution >= 4 is 29.0 Å². The summed E-state index contributed by atoms with van der Waals surface area (Å²) in [5, 5.41) is 10.9. The van der Waals surface area contributed by atoms with Crippen LogP contribution in [0.25, 0.3) is 10.9 Å². The van der Waals surface area contributed by atoms with Crippen LogP contribution in [0.4, 0.5) is 0 Å². The number of rotatable bonds is 2. The number of carbonyl (C=O) groups is 1. The molecular weight excluding hydrogens is 198 g/mol. The van der Waals surface area contributed by atoms with Crippen molar-refractivity contribution in [1.29, 1.82) is 0 Å². The highest BCUT2D eigenvalue weighted by molar-refractivity contribution is 7.98. The fourth-order valence-electron chi connectivity index (χ4n) is 1.45. The van der Waals surface area contributed by atoms with Crippen LogP contribution in [0.5, 0.6) is 5.75 Å². The van der Waals surface area contributed by atoms with Crippen LogP contribution in [0.15, 0.2) is 23.2 Å². The molecule has 14 heavy (non-hydrogen) atoms. The van der Waals surface area contributed by atoms with Gasteiger partial charge in [0.1, 0.15) is 5.75 Å². The third-order valence-electron chi connectivity index (χ3n) is 2.11. The van der Waals surface area contributed by atoms with E-state index in [0.717, 1.165) is 22.2 Å². The molecule has 0 fully saturated rings. The average Bonchev–Trinajstić information content (AvgIpc) is 2.54. The summed E-state index contributed by atoms with van der Waals surface area (Å²) in [4.78, 5) is 14.0. The van der Waals surface area contributed by atoms with Crippen LogP contribution in [0.3, 0.4) is 0 Å². The van der Waals surface area contributed by atoms with Gasteiger partial charge in [-0.05, 0) is 24.5 Å². The molecule has 0 aliphatic carbocycles. The Labute approximate surface area is 85.1 Å². The van der Waals surface area contributed by atoms with Crippen LogP contribution in [-0.4, -0.2) is 22.6 Å². The zero-order valence-electron chi connectivity index (χ0n) is 7.57. The first-order valence-electron chi connectivity index (χ1n) is 4.10. The molecule has 0 bridgehead atoms. The number of nitrogens with one attached hydrogen (secondary N) is 1. The number of aromatic nitrogens is 1. The Kier molecular flexibility index (Phi) is 2.21. The number of thioether (sulfide) groups is 1. The van der Waals surface area contributed by atoms with E-state index in [-0.39, 0.29) is 5.75 Å². The van der Waals surface area contributed by atoms with E-state index in [1.54, 1.807) is 18.2 Å². The van der Waals surface area contributed by atoms with E-state index in [4.69, 9.17) is 0 Å². The maximum Gasteiger partial charge on any atom is 0.153 e. The van der Waals surface area contributed by atoms with Gasteiger partial charge in [0.05, 0.1) is 10.6 Å². The minimum absolute atomic E-state index is 0.173. The van der Waals surface area contributed by atoms with Crippen LogP contribution < -0.4 is 0 Å². The molecule has 4 heteroatoms. The van der Waals surface area contributed by atoms with Crippen molar-refractivity contribution in [2.24, 2.45) is 0 Å². The van der Waals surface area contributed by atoms with Crippen LogP contribution in [0, 0.1) is 0 Å². The molecule has 2 N–H and O–H groups in total. The summed E-state index contributed by atoms with van der Waals surface area (Å²) in [6, 6.07) is 4.95. The lowest BCUT2D eigenvalue weighted by Crippen LogP contribution is -1.78. The molecule has 0 saturated heterocycles. The minimum Gasteiger partial charge on any atom is -0.508 e. The average molecular weight is 207 g/mol. The number of phenols is 1. The minimum atomic E-state index is 0.173. The number of fused-ring (bicyclic) bond motifs is 1. The number of aromatic amines is 1. The van der Waals surface area contributed by atoms with E-state index in [2.05, 4.69) is 4.98 Å². The lowest BCUT2D eigenvalue weighted by atomic mass is 10.2. The molecular formula is C10H9NO2S. The summed E-state index contributed by atoms with van der Waals surface area (Å²) < 4.78 is 0. The molecule has 1 heterocycles. The molecule has 0 aliphatic rings. The van der Waals surface area contributed by atoms with Gasteiger partial charge in [-0.15, -0.1) is 11.8 Å². The van der Waals surface area contributed by atoms with Gasteiger partial charge in [0.2, 0.25) is 0 Å². The van der Waals surface area contributed by atoms with Gasteiger partial charge in [-0.1, -0.05) is 0 Å². The third kappa shape index (κ3) is 1.28. The third-order valence-corrected chi connectivity index (χ3v) is 2.84. The zero-order chi connectivity index (χ0) is 10.1. The summed E-state index contributed by atoms with van der Waals surface area (Å²) in [6.45, 7) is 0. The normalized spacial score (nSPS) is 10.6. The molecule has 0 amide bonds. The number of hydrogen-bond donors (Lipinski definition) is 2. The molecule has 1 aromatic carbocycles. The fourth-order valence-corrected chi connectivity index (χ4v) is 2.04. The Bertz CT molecular complexity index is 490. The highest BCUT2D eigenvalue weighted by Crippen LogP contribution is 2.29. The first-order valence-corrected chi connectivity index (χ1v) is 5.32. The van der Waals surface area contributed by atoms with E-state index >= 15 is 0 Å². The van der Waals surface area contributed by atoms with Gasteiger partial charge in [0.25, 0.3) is 0 Å². The van der Waals surface area contributed by atoms with Gasteiger partial charge in [0.15, 0.2) is 6.29 Å². The highest BCUT2D eigenvalue weighted by atomic mass is 32.2. The highest BCUT2D eigenvalue weighted by Gasteiger charge is 2.09. The number of benzene rings is 1. The number of aromatic hydroxyl groups is 1. The molecule has 0 spiro atoms. The standard InChI is InChI=1S/C10H9NO2S/c1-14-10-8(5-12)7-4-6(13)2-3-9(7)11-10/h2-5,11,13H,1H3. The Balaban J connectivity index is 2.81. The van der Waals surface area contributed by atoms with E-state index in [1.165, 1.54) is 11.8 Å². The SMILES string of the molecule is CSc1[nH]c2ccc(O)cc2c1C=O. The van der Waals surface area contributed by atoms with Gasteiger partial charge in [-0.3, -0.25) is 4.79 Å². The lowest BCUT2D eigenvalue weighted by Gasteiger charge is -1.92. The summed E-state index contributed by atoms with van der Waals surface area (Å²) in [6.07, 6.45) is 2.71. The molecule has 0 radical (unpaired) electrons. The quantitative estimate of drug-likeness (QED) is 0.587. The molecule has 2 aromatic rings. The molecule has 1 aromatic heterocycles. The maximum atomic E-state index is 10.9. The van der Waals surface area contributed by atoms with Gasteiger partial charge in [-0.25, -0.2) is 0 Å². The van der Waals surface area contributed by atoms with Crippen LogP contribution in [0.1, 0.15) is 10.4 Å². The number of H-pyrrole nitrogens is 1. The Hall–Kier alpha value is -1.42. The zero-order valence-corrected chi connectivity index (χ0v) is 8.39. The number of aldehydes is 1.